The lowest BCUT2D eigenvalue weighted by Gasteiger charge is -2.14. The maximum Gasteiger partial charge on any atom is 0.328 e. The van der Waals surface area contributed by atoms with Gasteiger partial charge in [0.15, 0.2) is 0 Å². The molecule has 0 atom stereocenters. The van der Waals surface area contributed by atoms with E-state index in [9.17, 15) is 36.0 Å². The van der Waals surface area contributed by atoms with Crippen LogP contribution in [0.25, 0.3) is 0 Å². The van der Waals surface area contributed by atoms with E-state index in [0.717, 1.165) is 25.7 Å². The second kappa shape index (κ2) is 20.2. The van der Waals surface area contributed by atoms with Crippen molar-refractivity contribution < 1.29 is 36.0 Å². The van der Waals surface area contributed by atoms with Crippen LogP contribution in [0.15, 0.2) is 119 Å². The fraction of sp³-hybridized carbons (Fsp3) is 0.222. The summed E-state index contributed by atoms with van der Waals surface area (Å²) in [6, 6.07) is 25.5. The van der Waals surface area contributed by atoms with Crippen molar-refractivity contribution in [1.29, 1.82) is 0 Å². The molecule has 286 valence electrons. The van der Waals surface area contributed by atoms with Crippen molar-refractivity contribution >= 4 is 66.9 Å². The quantitative estimate of drug-likeness (QED) is 0.0592. The number of hydrogen-bond acceptors (Lipinski definition) is 8. The number of urea groups is 4. The van der Waals surface area contributed by atoms with Gasteiger partial charge in [-0.15, -0.1) is 0 Å². The molecule has 0 fully saturated rings. The summed E-state index contributed by atoms with van der Waals surface area (Å²) < 4.78 is 55.6. The average molecular weight is 779 g/mol. The fourth-order valence-electron chi connectivity index (χ4n) is 5.01. The minimum Gasteiger partial charge on any atom is -0.337 e. The van der Waals surface area contributed by atoms with Gasteiger partial charge in [-0.2, -0.15) is 0 Å². The summed E-state index contributed by atoms with van der Waals surface area (Å²) in [5.41, 5.74) is 1.02. The Morgan fingerprint density at radius 2 is 0.722 bits per heavy atom. The summed E-state index contributed by atoms with van der Waals surface area (Å²) in [7, 11) is -8.61. The topological polar surface area (TPSA) is 233 Å². The first-order chi connectivity index (χ1) is 25.9. The number of unbranched alkanes of at least 4 members (excludes halogenated alkanes) is 5. The number of carbonyl (C=O) groups excluding carboxylic acids is 4. The Bertz CT molecular complexity index is 1950. The van der Waals surface area contributed by atoms with Crippen molar-refractivity contribution in [3.05, 3.63) is 109 Å². The second-order valence-electron chi connectivity index (χ2n) is 11.7. The summed E-state index contributed by atoms with van der Waals surface area (Å²) in [5.74, 6) is 0. The molecule has 0 saturated carbocycles. The third-order valence-electron chi connectivity index (χ3n) is 7.54. The number of carbonyl (C=O) groups is 4. The van der Waals surface area contributed by atoms with E-state index < -0.39 is 44.2 Å². The molecule has 4 aromatic rings. The molecule has 0 bridgehead atoms. The molecule has 8 amide bonds. The van der Waals surface area contributed by atoms with E-state index in [1.54, 1.807) is 72.8 Å². The Balaban J connectivity index is 1.08. The number of benzene rings is 4. The SMILES string of the molecule is O=C(Nc1ccccc1)Nc1ccccc1S(=O)(=O)NC(=O)NCCCCCCCCNC(=O)NS(=O)(=O)c1ccccc1NC(=O)Nc1ccccc1. The molecule has 54 heavy (non-hydrogen) atoms. The minimum atomic E-state index is -4.31. The molecule has 0 heterocycles. The Morgan fingerprint density at radius 3 is 1.11 bits per heavy atom. The Labute approximate surface area is 314 Å². The first-order valence-electron chi connectivity index (χ1n) is 17.0. The van der Waals surface area contributed by atoms with E-state index in [1.165, 1.54) is 36.4 Å². The van der Waals surface area contributed by atoms with Crippen molar-refractivity contribution in [2.24, 2.45) is 0 Å². The van der Waals surface area contributed by atoms with Crippen molar-refractivity contribution in [2.75, 3.05) is 34.4 Å². The van der Waals surface area contributed by atoms with Gasteiger partial charge in [0.1, 0.15) is 9.79 Å². The summed E-state index contributed by atoms with van der Waals surface area (Å²) in [4.78, 5) is 49.0. The monoisotopic (exact) mass is 778 g/mol. The summed E-state index contributed by atoms with van der Waals surface area (Å²) in [5, 5.41) is 15.2. The normalized spacial score (nSPS) is 11.0. The average Bonchev–Trinajstić information content (AvgIpc) is 3.13. The van der Waals surface area contributed by atoms with Gasteiger partial charge in [-0.25, -0.2) is 45.5 Å². The van der Waals surface area contributed by atoms with Gasteiger partial charge in [0, 0.05) is 24.5 Å². The van der Waals surface area contributed by atoms with Gasteiger partial charge in [0.05, 0.1) is 11.4 Å². The van der Waals surface area contributed by atoms with Crippen LogP contribution in [0.5, 0.6) is 0 Å². The molecule has 0 aromatic heterocycles. The standard InChI is InChI=1S/C36H42N8O8S2/c45-33(43-53(49,50)31-23-13-11-21-29(31)41-35(47)39-27-17-7-5-8-18-27)37-25-15-3-1-2-4-16-26-38-34(46)44-54(51,52)32-24-14-12-22-30(32)42-36(48)40-28-19-9-6-10-20-28/h5-14,17-24H,1-4,15-16,25-26H2,(H2,37,43,45)(H2,38,44,46)(H2,39,41,47)(H2,40,42,48). The Kier molecular flexibility index (Phi) is 15.2. The third-order valence-corrected chi connectivity index (χ3v) is 10.3. The predicted octanol–water partition coefficient (Wildman–Crippen LogP) is 5.99. The first kappa shape index (κ1) is 40.6. The number of rotatable bonds is 17. The van der Waals surface area contributed by atoms with Crippen molar-refractivity contribution in [3.63, 3.8) is 0 Å². The highest BCUT2D eigenvalue weighted by molar-refractivity contribution is 7.90. The lowest BCUT2D eigenvalue weighted by atomic mass is 10.1. The van der Waals surface area contributed by atoms with Crippen LogP contribution in [0, 0.1) is 0 Å². The zero-order chi connectivity index (χ0) is 38.8. The zero-order valence-electron chi connectivity index (χ0n) is 29.1. The molecule has 0 saturated heterocycles. The van der Waals surface area contributed by atoms with E-state index in [2.05, 4.69) is 31.9 Å². The molecule has 4 aromatic carbocycles. The Hall–Kier alpha value is -6.14. The zero-order valence-corrected chi connectivity index (χ0v) is 30.8. The summed E-state index contributed by atoms with van der Waals surface area (Å²) in [6.45, 7) is 0.459. The molecule has 8 N–H and O–H groups in total. The molecular weight excluding hydrogens is 737 g/mol. The highest BCUT2D eigenvalue weighted by atomic mass is 32.2. The van der Waals surface area contributed by atoms with E-state index in [4.69, 9.17) is 0 Å². The van der Waals surface area contributed by atoms with Crippen LogP contribution in [0.1, 0.15) is 38.5 Å². The maximum absolute atomic E-state index is 12.9. The predicted molar refractivity (Wildman–Crippen MR) is 206 cm³/mol. The van der Waals surface area contributed by atoms with Gasteiger partial charge in [0.25, 0.3) is 20.0 Å². The van der Waals surface area contributed by atoms with Gasteiger partial charge in [-0.3, -0.25) is 0 Å². The van der Waals surface area contributed by atoms with Gasteiger partial charge in [-0.05, 0) is 61.4 Å². The third kappa shape index (κ3) is 13.4. The van der Waals surface area contributed by atoms with Crippen LogP contribution in [-0.4, -0.2) is 54.0 Å². The van der Waals surface area contributed by atoms with Gasteiger partial charge in [0.2, 0.25) is 0 Å². The van der Waals surface area contributed by atoms with E-state index in [1.807, 2.05) is 9.44 Å². The van der Waals surface area contributed by atoms with Gasteiger partial charge < -0.3 is 31.9 Å². The molecule has 0 aliphatic heterocycles. The van der Waals surface area contributed by atoms with Crippen molar-refractivity contribution in [3.8, 4) is 0 Å². The lowest BCUT2D eigenvalue weighted by molar-refractivity contribution is 0.244. The lowest BCUT2D eigenvalue weighted by Crippen LogP contribution is -2.40. The number of amides is 8. The minimum absolute atomic E-state index is 0.00663. The smallest absolute Gasteiger partial charge is 0.328 e. The van der Waals surface area contributed by atoms with Crippen LogP contribution in [-0.2, 0) is 20.0 Å². The number of anilines is 4. The van der Waals surface area contributed by atoms with Gasteiger partial charge in [-0.1, -0.05) is 86.3 Å². The highest BCUT2D eigenvalue weighted by Gasteiger charge is 2.23. The molecule has 0 aliphatic rings. The van der Waals surface area contributed by atoms with E-state index in [-0.39, 0.29) is 34.3 Å². The van der Waals surface area contributed by atoms with E-state index >= 15 is 0 Å². The van der Waals surface area contributed by atoms with Gasteiger partial charge >= 0.3 is 24.1 Å². The highest BCUT2D eigenvalue weighted by Crippen LogP contribution is 2.22. The Morgan fingerprint density at radius 1 is 0.389 bits per heavy atom. The molecule has 16 nitrogen and oxygen atoms in total. The van der Waals surface area contributed by atoms with Crippen LogP contribution in [0.4, 0.5) is 41.9 Å². The van der Waals surface area contributed by atoms with Crippen LogP contribution < -0.4 is 41.3 Å². The number of sulfonamides is 2. The summed E-state index contributed by atoms with van der Waals surface area (Å²) in [6.07, 6.45) is 4.31. The molecule has 0 spiro atoms. The molecule has 18 heteroatoms. The molecule has 0 radical (unpaired) electrons. The van der Waals surface area contributed by atoms with Crippen LogP contribution in [0.2, 0.25) is 0 Å². The fourth-order valence-corrected chi connectivity index (χ4v) is 7.19. The summed E-state index contributed by atoms with van der Waals surface area (Å²) >= 11 is 0. The van der Waals surface area contributed by atoms with Crippen molar-refractivity contribution in [2.45, 2.75) is 48.3 Å². The largest absolute Gasteiger partial charge is 0.337 e. The van der Waals surface area contributed by atoms with E-state index in [0.29, 0.717) is 24.2 Å². The van der Waals surface area contributed by atoms with Crippen molar-refractivity contribution in [1.82, 2.24) is 20.1 Å². The molecule has 0 unspecified atom stereocenters. The second-order valence-corrected chi connectivity index (χ2v) is 15.0. The molecule has 4 rings (SSSR count). The maximum atomic E-state index is 12.9. The molecular formula is C36H42N8O8S2. The number of para-hydroxylation sites is 4. The first-order valence-corrected chi connectivity index (χ1v) is 19.9. The van der Waals surface area contributed by atoms with Crippen LogP contribution in [0.3, 0.4) is 0 Å². The number of hydrogen-bond donors (Lipinski definition) is 8. The molecule has 0 aliphatic carbocycles. The number of nitrogens with one attached hydrogen (secondary N) is 8. The van der Waals surface area contributed by atoms with Crippen LogP contribution >= 0.6 is 0 Å².